The number of hydrazone groups is 1. The van der Waals surface area contributed by atoms with Crippen molar-refractivity contribution in [2.75, 3.05) is 18.9 Å². The second kappa shape index (κ2) is 12.8. The molecule has 45 heavy (non-hydrogen) atoms. The van der Waals surface area contributed by atoms with Crippen LogP contribution in [0.3, 0.4) is 0 Å². The molecule has 0 unspecified atom stereocenters. The number of ether oxygens (including phenoxy) is 2. The Kier molecular flexibility index (Phi) is 8.65. The van der Waals surface area contributed by atoms with Crippen molar-refractivity contribution in [3.8, 4) is 11.5 Å². The van der Waals surface area contributed by atoms with Crippen molar-refractivity contribution < 1.29 is 22.7 Å². The third-order valence-corrected chi connectivity index (χ3v) is 9.75. The molecule has 0 spiro atoms. The van der Waals surface area contributed by atoms with E-state index < -0.39 is 22.0 Å². The van der Waals surface area contributed by atoms with E-state index >= 15 is 0 Å². The number of nitrogens with one attached hydrogen (secondary N) is 1. The predicted molar refractivity (Wildman–Crippen MR) is 176 cm³/mol. The average Bonchev–Trinajstić information content (AvgIpc) is 3.46. The smallest absolute Gasteiger partial charge is 0.274 e. The van der Waals surface area contributed by atoms with Gasteiger partial charge in [-0.15, -0.1) is 0 Å². The lowest BCUT2D eigenvalue weighted by atomic mass is 9.77. The topological polar surface area (TPSA) is 97.3 Å². The molecule has 1 saturated carbocycles. The molecule has 1 aliphatic carbocycles. The molecular formula is C35H32ClN3O5S. The zero-order chi connectivity index (χ0) is 31.6. The maximum atomic E-state index is 14.3. The van der Waals surface area contributed by atoms with Crippen LogP contribution in [-0.2, 0) is 10.0 Å². The molecule has 0 bridgehead atoms. The predicted octanol–water partition coefficient (Wildman–Crippen LogP) is 7.59. The molecule has 1 aliphatic heterocycles. The summed E-state index contributed by atoms with van der Waals surface area (Å²) in [5.41, 5.74) is 4.20. The van der Waals surface area contributed by atoms with Crippen LogP contribution in [0.5, 0.6) is 11.5 Å². The Morgan fingerprint density at radius 3 is 2.40 bits per heavy atom. The van der Waals surface area contributed by atoms with E-state index in [1.807, 2.05) is 48.5 Å². The Balaban J connectivity index is 1.40. The van der Waals surface area contributed by atoms with Gasteiger partial charge in [-0.2, -0.15) is 5.10 Å². The number of fused-ring (bicyclic) bond motifs is 1. The van der Waals surface area contributed by atoms with Crippen molar-refractivity contribution in [2.45, 2.75) is 30.2 Å². The first-order chi connectivity index (χ1) is 21.8. The van der Waals surface area contributed by atoms with E-state index in [0.717, 1.165) is 47.4 Å². The molecule has 4 aromatic carbocycles. The van der Waals surface area contributed by atoms with E-state index in [2.05, 4.69) is 10.8 Å². The summed E-state index contributed by atoms with van der Waals surface area (Å²) in [4.78, 5) is 14.3. The highest BCUT2D eigenvalue weighted by atomic mass is 35.5. The van der Waals surface area contributed by atoms with Gasteiger partial charge < -0.3 is 9.47 Å². The number of benzene rings is 4. The molecule has 4 aromatic rings. The highest BCUT2D eigenvalue weighted by Gasteiger charge is 2.45. The minimum atomic E-state index is -3.99. The molecule has 1 fully saturated rings. The first kappa shape index (κ1) is 30.4. The van der Waals surface area contributed by atoms with Gasteiger partial charge in [0, 0.05) is 33.3 Å². The first-order valence-corrected chi connectivity index (χ1v) is 16.4. The van der Waals surface area contributed by atoms with Crippen LogP contribution < -0.4 is 14.2 Å². The molecule has 2 aliphatic rings. The highest BCUT2D eigenvalue weighted by molar-refractivity contribution is 7.92. The third-order valence-electron chi connectivity index (χ3n) is 8.12. The van der Waals surface area contributed by atoms with Gasteiger partial charge in [-0.25, -0.2) is 13.4 Å². The third kappa shape index (κ3) is 6.18. The lowest BCUT2D eigenvalue weighted by Crippen LogP contribution is -2.32. The summed E-state index contributed by atoms with van der Waals surface area (Å²) < 4.78 is 40.5. The van der Waals surface area contributed by atoms with Crippen LogP contribution in [0.15, 0.2) is 113 Å². The highest BCUT2D eigenvalue weighted by Crippen LogP contribution is 2.47. The Labute approximate surface area is 268 Å². The lowest BCUT2D eigenvalue weighted by Gasteiger charge is -2.30. The van der Waals surface area contributed by atoms with Gasteiger partial charge >= 0.3 is 0 Å². The van der Waals surface area contributed by atoms with Crippen molar-refractivity contribution in [2.24, 2.45) is 11.0 Å². The van der Waals surface area contributed by atoms with Gasteiger partial charge in [0.05, 0.1) is 30.9 Å². The van der Waals surface area contributed by atoms with E-state index in [9.17, 15) is 13.2 Å². The first-order valence-electron chi connectivity index (χ1n) is 14.6. The van der Waals surface area contributed by atoms with Crippen molar-refractivity contribution in [1.82, 2.24) is 5.01 Å². The van der Waals surface area contributed by atoms with Crippen LogP contribution in [0.2, 0.25) is 5.02 Å². The maximum Gasteiger partial charge on any atom is 0.274 e. The fraction of sp³-hybridized carbons (Fsp3) is 0.200. The van der Waals surface area contributed by atoms with Gasteiger partial charge in [-0.05, 0) is 85.5 Å². The normalized spacial score (nSPS) is 18.7. The summed E-state index contributed by atoms with van der Waals surface area (Å²) in [5.74, 6) is 0.915. The van der Waals surface area contributed by atoms with Crippen LogP contribution in [0.4, 0.5) is 5.69 Å². The molecule has 0 radical (unpaired) electrons. The van der Waals surface area contributed by atoms with Crippen LogP contribution in [0.25, 0.3) is 6.08 Å². The van der Waals surface area contributed by atoms with E-state index in [4.69, 9.17) is 26.2 Å². The average molecular weight is 642 g/mol. The number of hydrogen-bond acceptors (Lipinski definition) is 6. The number of halogens is 1. The van der Waals surface area contributed by atoms with Gasteiger partial charge in [-0.1, -0.05) is 54.1 Å². The van der Waals surface area contributed by atoms with Gasteiger partial charge in [-0.3, -0.25) is 9.52 Å². The quantitative estimate of drug-likeness (QED) is 0.214. The second-order valence-electron chi connectivity index (χ2n) is 10.9. The second-order valence-corrected chi connectivity index (χ2v) is 13.0. The van der Waals surface area contributed by atoms with E-state index in [1.165, 1.54) is 17.1 Å². The number of para-hydroxylation sites is 2. The molecule has 8 nitrogen and oxygen atoms in total. The fourth-order valence-electron chi connectivity index (χ4n) is 6.02. The zero-order valence-corrected chi connectivity index (χ0v) is 26.4. The van der Waals surface area contributed by atoms with E-state index in [0.29, 0.717) is 16.5 Å². The summed E-state index contributed by atoms with van der Waals surface area (Å²) in [7, 11) is -0.740. The standard InChI is InChI=1S/C35H32ClN3O5S/c1-43-31-15-5-3-9-23(31)21-24-10-8-14-30-33(24)37-39(34(30)29-13-4-6-16-32(29)44-2)35(40)25-11-7-12-28(22-25)45(41,42)38-27-19-17-26(36)18-20-27/h3-7,9,11-13,15-22,30,34,38H,8,10,14H2,1-2H3/b24-21+/t30-,34+/m1/s1. The molecule has 0 saturated heterocycles. The van der Waals surface area contributed by atoms with Gasteiger partial charge in [0.2, 0.25) is 0 Å². The number of allylic oxidation sites excluding steroid dienone is 1. The summed E-state index contributed by atoms with van der Waals surface area (Å²) in [6, 6.07) is 27.3. The Hall–Kier alpha value is -4.60. The number of methoxy groups -OCH3 is 2. The number of sulfonamides is 1. The molecular weight excluding hydrogens is 610 g/mol. The van der Waals surface area contributed by atoms with Gasteiger partial charge in [0.15, 0.2) is 0 Å². The van der Waals surface area contributed by atoms with Crippen molar-refractivity contribution in [3.63, 3.8) is 0 Å². The van der Waals surface area contributed by atoms with Crippen LogP contribution in [0.1, 0.15) is 46.8 Å². The SMILES string of the molecule is COc1ccccc1/C=C1\CCC[C@@H]2C1=NN(C(=O)c1cccc(S(=O)(=O)Nc3ccc(Cl)cc3)c1)[C@H]2c1ccccc1OC. The largest absolute Gasteiger partial charge is 0.496 e. The van der Waals surface area contributed by atoms with Gasteiger partial charge in [0.25, 0.3) is 15.9 Å². The van der Waals surface area contributed by atoms with Crippen LogP contribution >= 0.6 is 11.6 Å². The molecule has 1 amide bonds. The van der Waals surface area contributed by atoms with E-state index in [-0.39, 0.29) is 16.4 Å². The Bertz CT molecular complexity index is 1910. The van der Waals surface area contributed by atoms with Crippen molar-refractivity contribution in [1.29, 1.82) is 0 Å². The molecule has 1 heterocycles. The minimum Gasteiger partial charge on any atom is -0.496 e. The summed E-state index contributed by atoms with van der Waals surface area (Å²) in [6.45, 7) is 0. The Morgan fingerprint density at radius 1 is 0.933 bits per heavy atom. The van der Waals surface area contributed by atoms with Crippen LogP contribution in [-0.4, -0.2) is 39.3 Å². The maximum absolute atomic E-state index is 14.3. The molecule has 2 atom stereocenters. The monoisotopic (exact) mass is 641 g/mol. The lowest BCUT2D eigenvalue weighted by molar-refractivity contribution is 0.0678. The summed E-state index contributed by atoms with van der Waals surface area (Å²) in [6.07, 6.45) is 4.64. The number of carbonyl (C=O) groups excluding carboxylic acids is 1. The number of hydrogen-bond donors (Lipinski definition) is 1. The molecule has 0 aromatic heterocycles. The zero-order valence-electron chi connectivity index (χ0n) is 24.8. The molecule has 1 N–H and O–H groups in total. The number of rotatable bonds is 8. The molecule has 6 rings (SSSR count). The van der Waals surface area contributed by atoms with Crippen molar-refractivity contribution >= 4 is 45.0 Å². The fourth-order valence-corrected chi connectivity index (χ4v) is 7.25. The van der Waals surface area contributed by atoms with Crippen molar-refractivity contribution in [3.05, 3.63) is 124 Å². The molecule has 10 heteroatoms. The number of anilines is 1. The van der Waals surface area contributed by atoms with E-state index in [1.54, 1.807) is 50.6 Å². The molecule has 230 valence electrons. The Morgan fingerprint density at radius 2 is 1.64 bits per heavy atom. The summed E-state index contributed by atoms with van der Waals surface area (Å²) in [5, 5.41) is 6.97. The summed E-state index contributed by atoms with van der Waals surface area (Å²) >= 11 is 5.95. The number of carbonyl (C=O) groups is 1. The number of nitrogens with zero attached hydrogens (tertiary/aromatic N) is 2. The van der Waals surface area contributed by atoms with Crippen LogP contribution in [0, 0.1) is 5.92 Å². The van der Waals surface area contributed by atoms with Gasteiger partial charge in [0.1, 0.15) is 11.5 Å². The minimum absolute atomic E-state index is 0.0434. The number of amides is 1.